The fourth-order valence-corrected chi connectivity index (χ4v) is 2.39. The van der Waals surface area contributed by atoms with E-state index in [0.29, 0.717) is 5.92 Å². The van der Waals surface area contributed by atoms with Crippen LogP contribution in [0, 0.1) is 5.92 Å². The van der Waals surface area contributed by atoms with Crippen LogP contribution < -0.4 is 5.32 Å². The Balaban J connectivity index is 2.09. The van der Waals surface area contributed by atoms with E-state index < -0.39 is 0 Å². The highest BCUT2D eigenvalue weighted by Crippen LogP contribution is 2.38. The lowest BCUT2D eigenvalue weighted by molar-refractivity contribution is 0.516. The molecule has 1 aromatic heterocycles. The second-order valence-electron chi connectivity index (χ2n) is 4.33. The van der Waals surface area contributed by atoms with E-state index in [0.717, 1.165) is 17.6 Å². The van der Waals surface area contributed by atoms with Crippen molar-refractivity contribution in [3.63, 3.8) is 0 Å². The van der Waals surface area contributed by atoms with Crippen LogP contribution in [0.4, 0.5) is 5.82 Å². The van der Waals surface area contributed by atoms with E-state index in [1.165, 1.54) is 25.7 Å². The summed E-state index contributed by atoms with van der Waals surface area (Å²) in [4.78, 5) is 8.91. The van der Waals surface area contributed by atoms with Gasteiger partial charge in [0.1, 0.15) is 11.6 Å². The standard InChI is InChI=1S/C12H19N3/c1-3-9-4-5-10(8-9)12-14-7-6-11(13-2)15-12/h6-7,9-10H,3-5,8H2,1-2H3,(H,13,14,15). The number of nitrogens with zero attached hydrogens (tertiary/aromatic N) is 2. The summed E-state index contributed by atoms with van der Waals surface area (Å²) in [5.74, 6) is 3.43. The Kier molecular flexibility index (Phi) is 3.19. The fraction of sp³-hybridized carbons (Fsp3) is 0.667. The third-order valence-electron chi connectivity index (χ3n) is 3.41. The van der Waals surface area contributed by atoms with Crippen LogP contribution in [0.25, 0.3) is 0 Å². The molecule has 1 aliphatic rings. The lowest BCUT2D eigenvalue weighted by Gasteiger charge is -2.09. The van der Waals surface area contributed by atoms with Gasteiger partial charge in [-0.25, -0.2) is 9.97 Å². The number of nitrogens with one attached hydrogen (secondary N) is 1. The molecule has 0 bridgehead atoms. The van der Waals surface area contributed by atoms with Gasteiger partial charge in [0, 0.05) is 19.2 Å². The molecule has 0 spiro atoms. The molecule has 2 unspecified atom stereocenters. The average molecular weight is 205 g/mol. The second kappa shape index (κ2) is 4.60. The Hall–Kier alpha value is -1.12. The van der Waals surface area contributed by atoms with Crippen molar-refractivity contribution >= 4 is 5.82 Å². The molecule has 2 atom stereocenters. The average Bonchev–Trinajstić information content (AvgIpc) is 2.78. The van der Waals surface area contributed by atoms with Gasteiger partial charge in [-0.3, -0.25) is 0 Å². The van der Waals surface area contributed by atoms with Gasteiger partial charge in [-0.2, -0.15) is 0 Å². The van der Waals surface area contributed by atoms with E-state index in [9.17, 15) is 0 Å². The molecule has 0 radical (unpaired) electrons. The van der Waals surface area contributed by atoms with Crippen molar-refractivity contribution in [2.45, 2.75) is 38.5 Å². The smallest absolute Gasteiger partial charge is 0.133 e. The molecule has 1 heterocycles. The fourth-order valence-electron chi connectivity index (χ4n) is 2.39. The van der Waals surface area contributed by atoms with Crippen molar-refractivity contribution in [3.05, 3.63) is 18.1 Å². The van der Waals surface area contributed by atoms with Crippen molar-refractivity contribution in [2.75, 3.05) is 12.4 Å². The molecule has 0 amide bonds. The molecule has 0 aromatic carbocycles. The molecule has 1 N–H and O–H groups in total. The molecule has 0 aliphatic heterocycles. The topological polar surface area (TPSA) is 37.8 Å². The number of anilines is 1. The molecule has 0 saturated heterocycles. The minimum absolute atomic E-state index is 0.586. The van der Waals surface area contributed by atoms with Crippen LogP contribution in [0.15, 0.2) is 12.3 Å². The second-order valence-corrected chi connectivity index (χ2v) is 4.33. The highest BCUT2D eigenvalue weighted by Gasteiger charge is 2.26. The Labute approximate surface area is 91.3 Å². The van der Waals surface area contributed by atoms with E-state index >= 15 is 0 Å². The molecule has 2 rings (SSSR count). The van der Waals surface area contributed by atoms with Crippen LogP contribution >= 0.6 is 0 Å². The van der Waals surface area contributed by atoms with Gasteiger partial charge in [0.15, 0.2) is 0 Å². The van der Waals surface area contributed by atoms with Crippen molar-refractivity contribution in [3.8, 4) is 0 Å². The summed E-state index contributed by atoms with van der Waals surface area (Å²) in [7, 11) is 1.90. The third-order valence-corrected chi connectivity index (χ3v) is 3.41. The SMILES string of the molecule is CCC1CCC(c2nccc(NC)n2)C1. The molecular weight excluding hydrogens is 186 g/mol. The first-order chi connectivity index (χ1) is 7.33. The molecule has 3 nitrogen and oxygen atoms in total. The van der Waals surface area contributed by atoms with Crippen LogP contribution in [0.5, 0.6) is 0 Å². The van der Waals surface area contributed by atoms with Crippen LogP contribution in [-0.2, 0) is 0 Å². The van der Waals surface area contributed by atoms with Gasteiger partial charge >= 0.3 is 0 Å². The van der Waals surface area contributed by atoms with Gasteiger partial charge in [-0.05, 0) is 31.2 Å². The summed E-state index contributed by atoms with van der Waals surface area (Å²) in [6.45, 7) is 2.28. The van der Waals surface area contributed by atoms with Crippen molar-refractivity contribution in [2.24, 2.45) is 5.92 Å². The van der Waals surface area contributed by atoms with Gasteiger partial charge < -0.3 is 5.32 Å². The van der Waals surface area contributed by atoms with Gasteiger partial charge in [0.25, 0.3) is 0 Å². The molecule has 1 fully saturated rings. The Morgan fingerprint density at radius 3 is 3.00 bits per heavy atom. The molecule has 3 heteroatoms. The van der Waals surface area contributed by atoms with Gasteiger partial charge in [0.05, 0.1) is 0 Å². The quantitative estimate of drug-likeness (QED) is 0.824. The normalized spacial score (nSPS) is 25.5. The first-order valence-electron chi connectivity index (χ1n) is 5.84. The highest BCUT2D eigenvalue weighted by atomic mass is 15.0. The van der Waals surface area contributed by atoms with Crippen LogP contribution in [0.3, 0.4) is 0 Å². The summed E-state index contributed by atoms with van der Waals surface area (Å²) >= 11 is 0. The Morgan fingerprint density at radius 1 is 1.47 bits per heavy atom. The Bertz CT molecular complexity index is 324. The third kappa shape index (κ3) is 2.28. The molecule has 1 aromatic rings. The van der Waals surface area contributed by atoms with Gasteiger partial charge in [-0.1, -0.05) is 13.3 Å². The first-order valence-corrected chi connectivity index (χ1v) is 5.84. The molecule has 15 heavy (non-hydrogen) atoms. The molecule has 1 saturated carbocycles. The van der Waals surface area contributed by atoms with Crippen molar-refractivity contribution in [1.82, 2.24) is 9.97 Å². The summed E-state index contributed by atoms with van der Waals surface area (Å²) in [6.07, 6.45) is 7.01. The van der Waals surface area contributed by atoms with Crippen molar-refractivity contribution in [1.29, 1.82) is 0 Å². The predicted octanol–water partition coefficient (Wildman–Crippen LogP) is 2.81. The molecular formula is C12H19N3. The van der Waals surface area contributed by atoms with Crippen LogP contribution in [0.1, 0.15) is 44.3 Å². The maximum atomic E-state index is 4.52. The number of hydrogen-bond donors (Lipinski definition) is 1. The maximum Gasteiger partial charge on any atom is 0.133 e. The maximum absolute atomic E-state index is 4.52. The summed E-state index contributed by atoms with van der Waals surface area (Å²) in [5, 5.41) is 3.06. The minimum atomic E-state index is 0.586. The van der Waals surface area contributed by atoms with Gasteiger partial charge in [0.2, 0.25) is 0 Å². The number of aromatic nitrogens is 2. The van der Waals surface area contributed by atoms with Crippen molar-refractivity contribution < 1.29 is 0 Å². The zero-order valence-corrected chi connectivity index (χ0v) is 9.53. The first kappa shape index (κ1) is 10.4. The highest BCUT2D eigenvalue weighted by molar-refractivity contribution is 5.32. The molecule has 1 aliphatic carbocycles. The van der Waals surface area contributed by atoms with E-state index in [4.69, 9.17) is 0 Å². The largest absolute Gasteiger partial charge is 0.373 e. The van der Waals surface area contributed by atoms with Crippen LogP contribution in [0.2, 0.25) is 0 Å². The summed E-state index contributed by atoms with van der Waals surface area (Å²) in [6, 6.07) is 1.91. The van der Waals surface area contributed by atoms with E-state index in [-0.39, 0.29) is 0 Å². The van der Waals surface area contributed by atoms with E-state index in [2.05, 4.69) is 22.2 Å². The monoisotopic (exact) mass is 205 g/mol. The molecule has 82 valence electrons. The lowest BCUT2D eigenvalue weighted by atomic mass is 10.0. The summed E-state index contributed by atoms with van der Waals surface area (Å²) in [5.41, 5.74) is 0. The summed E-state index contributed by atoms with van der Waals surface area (Å²) < 4.78 is 0. The minimum Gasteiger partial charge on any atom is -0.373 e. The number of hydrogen-bond acceptors (Lipinski definition) is 3. The zero-order valence-electron chi connectivity index (χ0n) is 9.53. The van der Waals surface area contributed by atoms with Gasteiger partial charge in [-0.15, -0.1) is 0 Å². The predicted molar refractivity (Wildman–Crippen MR) is 62.0 cm³/mol. The number of rotatable bonds is 3. The van der Waals surface area contributed by atoms with Crippen LogP contribution in [-0.4, -0.2) is 17.0 Å². The van der Waals surface area contributed by atoms with E-state index in [1.54, 1.807) is 0 Å². The Morgan fingerprint density at radius 2 is 2.33 bits per heavy atom. The zero-order chi connectivity index (χ0) is 10.7. The van der Waals surface area contributed by atoms with E-state index in [1.807, 2.05) is 19.3 Å². The lowest BCUT2D eigenvalue weighted by Crippen LogP contribution is -2.03.